The third kappa shape index (κ3) is 5.17. The molecule has 0 radical (unpaired) electrons. The maximum Gasteiger partial charge on any atom is 0.317 e. The maximum atomic E-state index is 6.08. The molecule has 5 aromatic rings. The highest BCUT2D eigenvalue weighted by atomic mass is 35.5. The minimum Gasteiger partial charge on any atom is -0.473 e. The van der Waals surface area contributed by atoms with Gasteiger partial charge in [0.15, 0.2) is 11.6 Å². The van der Waals surface area contributed by atoms with E-state index in [-0.39, 0.29) is 0 Å². The first-order valence-corrected chi connectivity index (χ1v) is 11.4. The molecule has 2 aromatic carbocycles. The molecule has 0 bridgehead atoms. The Hall–Kier alpha value is -4.17. The molecule has 0 saturated carbocycles. The fourth-order valence-electron chi connectivity index (χ4n) is 3.50. The minimum absolute atomic E-state index is 0.350. The molecule has 0 fully saturated rings. The highest BCUT2D eigenvalue weighted by molar-refractivity contribution is 6.30. The summed E-state index contributed by atoms with van der Waals surface area (Å²) in [5.41, 5.74) is 3.34. The number of halogens is 1. The van der Waals surface area contributed by atoms with Gasteiger partial charge in [-0.3, -0.25) is 4.57 Å². The van der Waals surface area contributed by atoms with E-state index in [1.54, 1.807) is 16.8 Å². The van der Waals surface area contributed by atoms with E-state index in [2.05, 4.69) is 20.3 Å². The predicted octanol–water partition coefficient (Wildman–Crippen LogP) is 5.90. The molecule has 0 spiro atoms. The van der Waals surface area contributed by atoms with Crippen molar-refractivity contribution in [2.45, 2.75) is 19.6 Å². The van der Waals surface area contributed by atoms with Gasteiger partial charge >= 0.3 is 6.01 Å². The molecule has 0 unspecified atom stereocenters. The number of hydrogen-bond donors (Lipinski definition) is 0. The second kappa shape index (κ2) is 9.99. The first-order chi connectivity index (χ1) is 17.1. The van der Waals surface area contributed by atoms with Gasteiger partial charge in [-0.15, -0.1) is 5.10 Å². The Morgan fingerprint density at radius 1 is 0.971 bits per heavy atom. The minimum atomic E-state index is -0.412. The summed E-state index contributed by atoms with van der Waals surface area (Å²) in [7, 11) is 1.84. The van der Waals surface area contributed by atoms with Gasteiger partial charge in [-0.2, -0.15) is 0 Å². The van der Waals surface area contributed by atoms with Crippen molar-refractivity contribution in [3.05, 3.63) is 95.3 Å². The van der Waals surface area contributed by atoms with Crippen LogP contribution in [0, 0.1) is 0 Å². The number of nitrogens with zero attached hydrogens (tertiary/aromatic N) is 5. The zero-order valence-corrected chi connectivity index (χ0v) is 19.9. The van der Waals surface area contributed by atoms with Crippen molar-refractivity contribution in [2.75, 3.05) is 0 Å². The normalized spacial score (nSPS) is 11.9. The van der Waals surface area contributed by atoms with Gasteiger partial charge in [-0.05, 0) is 30.7 Å². The van der Waals surface area contributed by atoms with Gasteiger partial charge in [0.2, 0.25) is 5.88 Å². The molecule has 9 heteroatoms. The van der Waals surface area contributed by atoms with Crippen LogP contribution in [-0.4, -0.2) is 24.9 Å². The van der Waals surface area contributed by atoms with Gasteiger partial charge in [0.25, 0.3) is 0 Å². The van der Waals surface area contributed by atoms with Crippen LogP contribution in [0.15, 0.2) is 83.5 Å². The lowest BCUT2D eigenvalue weighted by Crippen LogP contribution is -2.07. The van der Waals surface area contributed by atoms with E-state index in [0.29, 0.717) is 40.8 Å². The quantitative estimate of drug-likeness (QED) is 0.269. The van der Waals surface area contributed by atoms with Crippen molar-refractivity contribution in [1.82, 2.24) is 24.9 Å². The standard InChI is InChI=1S/C26H22ClN5O3/c1-17(22-15-23(35-31-22)19-9-6-10-21(27)13-19)34-26-30-29-25(32(26)2)20-11-12-28-24(14-20)33-16-18-7-4-3-5-8-18/h3-15,17H,16H2,1-2H3/t17-/m1/s1. The molecule has 8 nitrogen and oxygen atoms in total. The van der Waals surface area contributed by atoms with Crippen LogP contribution >= 0.6 is 11.6 Å². The average molecular weight is 488 g/mol. The first kappa shape index (κ1) is 22.6. The molecule has 0 aliphatic carbocycles. The zero-order chi connectivity index (χ0) is 24.2. The first-order valence-electron chi connectivity index (χ1n) is 11.0. The van der Waals surface area contributed by atoms with Crippen LogP contribution in [0.2, 0.25) is 5.02 Å². The molecular formula is C26H22ClN5O3. The van der Waals surface area contributed by atoms with E-state index < -0.39 is 6.10 Å². The van der Waals surface area contributed by atoms with Crippen molar-refractivity contribution in [1.29, 1.82) is 0 Å². The number of hydrogen-bond acceptors (Lipinski definition) is 7. The molecule has 3 aromatic heterocycles. The summed E-state index contributed by atoms with van der Waals surface area (Å²) in [6, 6.07) is 23.2. The van der Waals surface area contributed by atoms with Crippen molar-refractivity contribution in [2.24, 2.45) is 7.05 Å². The van der Waals surface area contributed by atoms with Crippen LogP contribution in [0.3, 0.4) is 0 Å². The van der Waals surface area contributed by atoms with Crippen LogP contribution in [0.25, 0.3) is 22.7 Å². The molecule has 5 rings (SSSR count). The molecule has 0 N–H and O–H groups in total. The van der Waals surface area contributed by atoms with E-state index >= 15 is 0 Å². The van der Waals surface area contributed by atoms with E-state index in [9.17, 15) is 0 Å². The topological polar surface area (TPSA) is 88.1 Å². The van der Waals surface area contributed by atoms with E-state index in [1.165, 1.54) is 0 Å². The van der Waals surface area contributed by atoms with Gasteiger partial charge < -0.3 is 14.0 Å². The zero-order valence-electron chi connectivity index (χ0n) is 19.1. The Balaban J connectivity index is 1.29. The van der Waals surface area contributed by atoms with Crippen LogP contribution in [0.4, 0.5) is 0 Å². The summed E-state index contributed by atoms with van der Waals surface area (Å²) in [5.74, 6) is 1.73. The monoisotopic (exact) mass is 487 g/mol. The second-order valence-corrected chi connectivity index (χ2v) is 8.35. The summed E-state index contributed by atoms with van der Waals surface area (Å²) in [5, 5.41) is 13.3. The lowest BCUT2D eigenvalue weighted by atomic mass is 10.1. The van der Waals surface area contributed by atoms with E-state index in [0.717, 1.165) is 16.7 Å². The highest BCUT2D eigenvalue weighted by Gasteiger charge is 2.19. The van der Waals surface area contributed by atoms with Crippen molar-refractivity contribution in [3.8, 4) is 34.6 Å². The van der Waals surface area contributed by atoms with Crippen molar-refractivity contribution < 1.29 is 14.0 Å². The summed E-state index contributed by atoms with van der Waals surface area (Å²) in [4.78, 5) is 4.30. The van der Waals surface area contributed by atoms with Gasteiger partial charge in [-0.25, -0.2) is 4.98 Å². The highest BCUT2D eigenvalue weighted by Crippen LogP contribution is 2.29. The summed E-state index contributed by atoms with van der Waals surface area (Å²) < 4.78 is 19.1. The summed E-state index contributed by atoms with van der Waals surface area (Å²) in [6.07, 6.45) is 1.27. The molecule has 0 aliphatic rings. The van der Waals surface area contributed by atoms with Crippen LogP contribution in [-0.2, 0) is 13.7 Å². The molecule has 0 amide bonds. The molecule has 1 atom stereocenters. The molecular weight excluding hydrogens is 466 g/mol. The number of benzene rings is 2. The molecule has 176 valence electrons. The molecule has 0 saturated heterocycles. The summed E-state index contributed by atoms with van der Waals surface area (Å²) >= 11 is 6.08. The van der Waals surface area contributed by atoms with Gasteiger partial charge in [-0.1, -0.05) is 64.3 Å². The van der Waals surface area contributed by atoms with Crippen LogP contribution in [0.5, 0.6) is 11.9 Å². The lowest BCUT2D eigenvalue weighted by molar-refractivity contribution is 0.190. The third-order valence-corrected chi connectivity index (χ3v) is 5.63. The maximum absolute atomic E-state index is 6.08. The Labute approximate surface area is 207 Å². The molecule has 0 aliphatic heterocycles. The van der Waals surface area contributed by atoms with E-state index in [4.69, 9.17) is 25.6 Å². The van der Waals surface area contributed by atoms with Gasteiger partial charge in [0.1, 0.15) is 18.4 Å². The van der Waals surface area contributed by atoms with Gasteiger partial charge in [0, 0.05) is 41.5 Å². The third-order valence-electron chi connectivity index (χ3n) is 5.39. The van der Waals surface area contributed by atoms with Crippen LogP contribution < -0.4 is 9.47 Å². The fourth-order valence-corrected chi connectivity index (χ4v) is 3.69. The number of pyridine rings is 1. The van der Waals surface area contributed by atoms with Crippen molar-refractivity contribution in [3.63, 3.8) is 0 Å². The fraction of sp³-hybridized carbons (Fsp3) is 0.154. The Bertz CT molecular complexity index is 1430. The molecule has 3 heterocycles. The number of rotatable bonds is 8. The Morgan fingerprint density at radius 3 is 2.66 bits per heavy atom. The molecule has 35 heavy (non-hydrogen) atoms. The van der Waals surface area contributed by atoms with Crippen LogP contribution in [0.1, 0.15) is 24.3 Å². The van der Waals surface area contributed by atoms with Crippen molar-refractivity contribution >= 4 is 11.6 Å². The number of ether oxygens (including phenoxy) is 2. The Kier molecular flexibility index (Phi) is 6.45. The predicted molar refractivity (Wildman–Crippen MR) is 131 cm³/mol. The summed E-state index contributed by atoms with van der Waals surface area (Å²) in [6.45, 7) is 2.30. The van der Waals surface area contributed by atoms with Gasteiger partial charge in [0.05, 0.1) is 0 Å². The lowest BCUT2D eigenvalue weighted by Gasteiger charge is -2.11. The average Bonchev–Trinajstić information content (AvgIpc) is 3.51. The smallest absolute Gasteiger partial charge is 0.317 e. The Morgan fingerprint density at radius 2 is 1.83 bits per heavy atom. The largest absolute Gasteiger partial charge is 0.473 e. The SMILES string of the molecule is C[C@@H](Oc1nnc(-c2ccnc(OCc3ccccc3)c2)n1C)c1cc(-c2cccc(Cl)c2)on1. The second-order valence-electron chi connectivity index (χ2n) is 7.91. The van der Waals surface area contributed by atoms with E-state index in [1.807, 2.05) is 80.7 Å². The number of aromatic nitrogens is 5.